The Balaban J connectivity index is 1.37. The number of aromatic nitrogens is 1. The molecule has 0 amide bonds. The van der Waals surface area contributed by atoms with Gasteiger partial charge in [0.05, 0.1) is 12.2 Å². The first-order valence-electron chi connectivity index (χ1n) is 10.5. The quantitative estimate of drug-likeness (QED) is 0.720. The molecule has 1 aromatic heterocycles. The fourth-order valence-corrected chi connectivity index (χ4v) is 5.26. The van der Waals surface area contributed by atoms with Gasteiger partial charge in [0, 0.05) is 24.2 Å². The van der Waals surface area contributed by atoms with Gasteiger partial charge in [0.25, 0.3) is 0 Å². The van der Waals surface area contributed by atoms with Crippen LogP contribution in [0, 0.1) is 23.6 Å². The first-order valence-corrected chi connectivity index (χ1v) is 10.5. The summed E-state index contributed by atoms with van der Waals surface area (Å²) in [4.78, 5) is 18.6. The van der Waals surface area contributed by atoms with Crippen LogP contribution in [0.5, 0.6) is 0 Å². The van der Waals surface area contributed by atoms with Gasteiger partial charge >= 0.3 is 5.97 Å². The number of piperidine rings is 1. The van der Waals surface area contributed by atoms with Crippen LogP contribution in [0.25, 0.3) is 17.3 Å². The summed E-state index contributed by atoms with van der Waals surface area (Å²) < 4.78 is 19.1. The van der Waals surface area contributed by atoms with E-state index < -0.39 is 0 Å². The number of carbonyl (C=O) groups is 1. The van der Waals surface area contributed by atoms with Crippen molar-refractivity contribution in [2.75, 3.05) is 13.1 Å². The summed E-state index contributed by atoms with van der Waals surface area (Å²) in [5, 5.41) is 0. The van der Waals surface area contributed by atoms with Gasteiger partial charge in [-0.25, -0.2) is 4.39 Å². The highest BCUT2D eigenvalue weighted by molar-refractivity contribution is 5.74. The molecule has 3 fully saturated rings. The lowest BCUT2D eigenvalue weighted by Crippen LogP contribution is -2.51. The topological polar surface area (TPSA) is 42.4 Å². The SMILES string of the molecule is O=C1CN2CC3CCCCC3C(/C=C/c3ccc(-c4cccc(F)c4)nc3)[C@H]2O1. The van der Waals surface area contributed by atoms with Crippen molar-refractivity contribution in [2.24, 2.45) is 17.8 Å². The predicted octanol–water partition coefficient (Wildman–Crippen LogP) is 4.52. The Labute approximate surface area is 170 Å². The second kappa shape index (κ2) is 7.71. The van der Waals surface area contributed by atoms with E-state index in [0.717, 1.165) is 23.4 Å². The molecule has 2 aromatic rings. The molecule has 1 aromatic carbocycles. The molecule has 5 heteroatoms. The number of esters is 1. The lowest BCUT2D eigenvalue weighted by Gasteiger charge is -2.46. The molecule has 0 bridgehead atoms. The molecule has 2 saturated heterocycles. The highest BCUT2D eigenvalue weighted by Gasteiger charge is 2.48. The molecule has 3 heterocycles. The summed E-state index contributed by atoms with van der Waals surface area (Å²) in [6.07, 6.45) is 11.0. The minimum absolute atomic E-state index is 0.104. The second-order valence-electron chi connectivity index (χ2n) is 8.44. The van der Waals surface area contributed by atoms with Crippen molar-refractivity contribution >= 4 is 12.0 Å². The van der Waals surface area contributed by atoms with Gasteiger partial charge in [0.2, 0.25) is 0 Å². The number of pyridine rings is 1. The summed E-state index contributed by atoms with van der Waals surface area (Å²) in [6.45, 7) is 1.40. The molecule has 5 rings (SSSR count). The number of hydrogen-bond acceptors (Lipinski definition) is 4. The zero-order chi connectivity index (χ0) is 19.8. The third-order valence-electron chi connectivity index (χ3n) is 6.62. The molecule has 0 radical (unpaired) electrons. The molecule has 150 valence electrons. The van der Waals surface area contributed by atoms with Gasteiger partial charge in [-0.2, -0.15) is 0 Å². The molecule has 4 nitrogen and oxygen atoms in total. The van der Waals surface area contributed by atoms with Crippen LogP contribution >= 0.6 is 0 Å². The zero-order valence-corrected chi connectivity index (χ0v) is 16.3. The van der Waals surface area contributed by atoms with Gasteiger partial charge in [-0.05, 0) is 48.4 Å². The summed E-state index contributed by atoms with van der Waals surface area (Å²) in [5.74, 6) is 1.09. The maximum atomic E-state index is 13.5. The molecule has 3 unspecified atom stereocenters. The smallest absolute Gasteiger partial charge is 0.321 e. The minimum Gasteiger partial charge on any atom is -0.445 e. The van der Waals surface area contributed by atoms with Gasteiger partial charge < -0.3 is 4.74 Å². The number of hydrogen-bond donors (Lipinski definition) is 0. The Morgan fingerprint density at radius 1 is 1.17 bits per heavy atom. The number of ether oxygens (including phenoxy) is 1. The van der Waals surface area contributed by atoms with Gasteiger partial charge in [0.15, 0.2) is 6.23 Å². The molecule has 1 aliphatic carbocycles. The van der Waals surface area contributed by atoms with Gasteiger partial charge in [-0.3, -0.25) is 14.7 Å². The Hall–Kier alpha value is -2.53. The van der Waals surface area contributed by atoms with Crippen molar-refractivity contribution in [1.82, 2.24) is 9.88 Å². The Kier molecular flexibility index (Phi) is 4.92. The third kappa shape index (κ3) is 3.71. The molecule has 4 atom stereocenters. The molecule has 2 aliphatic heterocycles. The molecule has 0 spiro atoms. The van der Waals surface area contributed by atoms with E-state index >= 15 is 0 Å². The van der Waals surface area contributed by atoms with Crippen LogP contribution in [0.15, 0.2) is 48.7 Å². The summed E-state index contributed by atoms with van der Waals surface area (Å²) >= 11 is 0. The molecule has 3 aliphatic rings. The predicted molar refractivity (Wildman–Crippen MR) is 109 cm³/mol. The molecule has 1 saturated carbocycles. The highest BCUT2D eigenvalue weighted by Crippen LogP contribution is 2.44. The van der Waals surface area contributed by atoms with Crippen LogP contribution in [-0.2, 0) is 9.53 Å². The highest BCUT2D eigenvalue weighted by atomic mass is 19.1. The van der Waals surface area contributed by atoms with Crippen LogP contribution in [0.4, 0.5) is 4.39 Å². The fourth-order valence-electron chi connectivity index (χ4n) is 5.26. The Morgan fingerprint density at radius 3 is 2.90 bits per heavy atom. The van der Waals surface area contributed by atoms with Crippen LogP contribution in [-0.4, -0.2) is 35.2 Å². The molecule has 0 N–H and O–H groups in total. The summed E-state index contributed by atoms with van der Waals surface area (Å²) in [5.41, 5.74) is 2.52. The molecular formula is C24H25FN2O2. The first-order chi connectivity index (χ1) is 14.2. The maximum absolute atomic E-state index is 13.5. The lowest BCUT2D eigenvalue weighted by atomic mass is 9.69. The van der Waals surface area contributed by atoms with Crippen molar-refractivity contribution in [3.8, 4) is 11.3 Å². The van der Waals surface area contributed by atoms with E-state index in [1.165, 1.54) is 37.8 Å². The standard InChI is InChI=1S/C24H25FN2O2/c25-19-6-3-5-17(12-19)22-11-9-16(13-26-22)8-10-21-20-7-2-1-4-18(20)14-27-15-23(28)29-24(21)27/h3,5-6,8-13,18,20-21,24H,1-2,4,7,14-15H2/b10-8+/t18?,20?,21?,24-/m1/s1. The van der Waals surface area contributed by atoms with E-state index in [0.29, 0.717) is 18.4 Å². The molecule has 29 heavy (non-hydrogen) atoms. The number of fused-ring (bicyclic) bond motifs is 2. The molecular weight excluding hydrogens is 367 g/mol. The van der Waals surface area contributed by atoms with E-state index in [2.05, 4.69) is 22.0 Å². The number of nitrogens with zero attached hydrogens (tertiary/aromatic N) is 2. The average Bonchev–Trinajstić information content (AvgIpc) is 3.11. The summed E-state index contributed by atoms with van der Waals surface area (Å²) in [6, 6.07) is 10.4. The van der Waals surface area contributed by atoms with E-state index in [-0.39, 0.29) is 23.9 Å². The normalized spacial score (nSPS) is 29.5. The number of rotatable bonds is 3. The van der Waals surface area contributed by atoms with E-state index in [1.54, 1.807) is 6.07 Å². The van der Waals surface area contributed by atoms with Gasteiger partial charge in [-0.15, -0.1) is 0 Å². The van der Waals surface area contributed by atoms with E-state index in [9.17, 15) is 9.18 Å². The average molecular weight is 392 g/mol. The number of carbonyl (C=O) groups excluding carboxylic acids is 1. The van der Waals surface area contributed by atoms with Crippen molar-refractivity contribution in [2.45, 2.75) is 31.9 Å². The minimum atomic E-state index is -0.261. The van der Waals surface area contributed by atoms with E-state index in [4.69, 9.17) is 4.74 Å². The van der Waals surface area contributed by atoms with Crippen LogP contribution < -0.4 is 0 Å². The van der Waals surface area contributed by atoms with Gasteiger partial charge in [0.1, 0.15) is 5.82 Å². The van der Waals surface area contributed by atoms with Crippen molar-refractivity contribution < 1.29 is 13.9 Å². The van der Waals surface area contributed by atoms with Crippen molar-refractivity contribution in [3.63, 3.8) is 0 Å². The zero-order valence-electron chi connectivity index (χ0n) is 16.3. The van der Waals surface area contributed by atoms with Crippen molar-refractivity contribution in [1.29, 1.82) is 0 Å². The monoisotopic (exact) mass is 392 g/mol. The van der Waals surface area contributed by atoms with Crippen molar-refractivity contribution in [3.05, 3.63) is 60.1 Å². The largest absolute Gasteiger partial charge is 0.445 e. The summed E-state index contributed by atoms with van der Waals surface area (Å²) in [7, 11) is 0. The fraction of sp³-hybridized carbons (Fsp3) is 0.417. The Bertz CT molecular complexity index is 927. The van der Waals surface area contributed by atoms with Crippen LogP contribution in [0.1, 0.15) is 31.2 Å². The van der Waals surface area contributed by atoms with E-state index in [1.807, 2.05) is 24.4 Å². The van der Waals surface area contributed by atoms with Crippen LogP contribution in [0.2, 0.25) is 0 Å². The van der Waals surface area contributed by atoms with Crippen LogP contribution in [0.3, 0.4) is 0 Å². The van der Waals surface area contributed by atoms with Gasteiger partial charge in [-0.1, -0.05) is 43.2 Å². The lowest BCUT2D eigenvalue weighted by molar-refractivity contribution is -0.147. The Morgan fingerprint density at radius 2 is 2.07 bits per heavy atom. The maximum Gasteiger partial charge on any atom is 0.321 e. The number of benzene rings is 1. The first kappa shape index (κ1) is 18.5. The third-order valence-corrected chi connectivity index (χ3v) is 6.62. The second-order valence-corrected chi connectivity index (χ2v) is 8.44. The number of halogens is 1.